The van der Waals surface area contributed by atoms with Crippen LogP contribution in [0.2, 0.25) is 0 Å². The molecule has 168 valence electrons. The Hall–Kier alpha value is -3.10. The van der Waals surface area contributed by atoms with Crippen LogP contribution in [0.25, 0.3) is 11.1 Å². The van der Waals surface area contributed by atoms with Crippen molar-refractivity contribution < 1.29 is 4.74 Å². The predicted molar refractivity (Wildman–Crippen MR) is 139 cm³/mol. The third-order valence-electron chi connectivity index (χ3n) is 6.88. The number of benzene rings is 3. The molecule has 3 aromatic carbocycles. The van der Waals surface area contributed by atoms with Crippen molar-refractivity contribution in [3.05, 3.63) is 107 Å². The van der Waals surface area contributed by atoms with Gasteiger partial charge in [-0.25, -0.2) is 0 Å². The third-order valence-corrected chi connectivity index (χ3v) is 6.88. The van der Waals surface area contributed by atoms with Gasteiger partial charge in [0, 0.05) is 17.1 Å². The smallest absolute Gasteiger partial charge is 0.0838 e. The Kier molecular flexibility index (Phi) is 5.95. The molecule has 2 aliphatic rings. The minimum Gasteiger partial charge on any atom is -0.366 e. The maximum absolute atomic E-state index is 6.11. The number of hydrogen-bond donors (Lipinski definition) is 0. The van der Waals surface area contributed by atoms with Crippen molar-refractivity contribution in [2.75, 3.05) is 4.90 Å². The van der Waals surface area contributed by atoms with Crippen LogP contribution >= 0.6 is 0 Å². The van der Waals surface area contributed by atoms with Crippen LogP contribution in [0.15, 0.2) is 90.2 Å². The van der Waals surface area contributed by atoms with Gasteiger partial charge in [0.15, 0.2) is 0 Å². The molecular weight excluding hydrogens is 402 g/mol. The van der Waals surface area contributed by atoms with E-state index >= 15 is 0 Å². The summed E-state index contributed by atoms with van der Waals surface area (Å²) in [4.78, 5) is 2.39. The third kappa shape index (κ3) is 4.05. The zero-order valence-electron chi connectivity index (χ0n) is 20.1. The van der Waals surface area contributed by atoms with Gasteiger partial charge in [-0.1, -0.05) is 61.0 Å². The van der Waals surface area contributed by atoms with Gasteiger partial charge in [-0.05, 0) is 98.2 Å². The fourth-order valence-electron chi connectivity index (χ4n) is 5.14. The standard InChI is InChI=1S/C31H33NO/c1-5-6-10-28(21(2)3)32(29-11-8-7-9-22(29)4)25-15-12-23(13-16-25)24-14-17-26-27(20-24)31-19-18-30(26)33-31/h6-17,20,30-31H,5,18-19H2,1-4H3/b10-6-. The average molecular weight is 436 g/mol. The number of hydrogen-bond acceptors (Lipinski definition) is 2. The molecule has 2 heterocycles. The summed E-state index contributed by atoms with van der Waals surface area (Å²) in [5.74, 6) is 0. The maximum Gasteiger partial charge on any atom is 0.0838 e. The quantitative estimate of drug-likeness (QED) is 0.358. The first-order valence-corrected chi connectivity index (χ1v) is 12.2. The molecule has 33 heavy (non-hydrogen) atoms. The van der Waals surface area contributed by atoms with Gasteiger partial charge < -0.3 is 9.64 Å². The van der Waals surface area contributed by atoms with Gasteiger partial charge in [-0.15, -0.1) is 0 Å². The summed E-state index contributed by atoms with van der Waals surface area (Å²) in [5.41, 5.74) is 11.5. The van der Waals surface area contributed by atoms with Crippen LogP contribution in [0.1, 0.15) is 68.9 Å². The highest BCUT2D eigenvalue weighted by atomic mass is 16.5. The largest absolute Gasteiger partial charge is 0.366 e. The highest BCUT2D eigenvalue weighted by Gasteiger charge is 2.37. The number of aryl methyl sites for hydroxylation is 1. The molecule has 0 radical (unpaired) electrons. The van der Waals surface area contributed by atoms with Gasteiger partial charge in [0.05, 0.1) is 12.2 Å². The number of fused-ring (bicyclic) bond motifs is 5. The van der Waals surface area contributed by atoms with Gasteiger partial charge in [0.1, 0.15) is 0 Å². The van der Waals surface area contributed by atoms with E-state index in [0.717, 1.165) is 12.8 Å². The topological polar surface area (TPSA) is 12.5 Å². The lowest BCUT2D eigenvalue weighted by Gasteiger charge is -2.29. The van der Waals surface area contributed by atoms with E-state index in [1.807, 2.05) is 0 Å². The van der Waals surface area contributed by atoms with Crippen LogP contribution in [0.3, 0.4) is 0 Å². The van der Waals surface area contributed by atoms with Crippen LogP contribution in [0.5, 0.6) is 0 Å². The fourth-order valence-corrected chi connectivity index (χ4v) is 5.14. The number of para-hydroxylation sites is 1. The molecule has 2 atom stereocenters. The zero-order chi connectivity index (χ0) is 22.9. The molecule has 0 aromatic heterocycles. The van der Waals surface area contributed by atoms with Crippen molar-refractivity contribution in [2.24, 2.45) is 0 Å². The monoisotopic (exact) mass is 435 g/mol. The highest BCUT2D eigenvalue weighted by molar-refractivity contribution is 5.76. The van der Waals surface area contributed by atoms with E-state index in [1.165, 1.54) is 56.9 Å². The molecule has 1 fully saturated rings. The van der Waals surface area contributed by atoms with E-state index in [1.54, 1.807) is 0 Å². The van der Waals surface area contributed by atoms with Crippen molar-refractivity contribution >= 4 is 11.4 Å². The first-order chi connectivity index (χ1) is 16.1. The summed E-state index contributed by atoms with van der Waals surface area (Å²) in [7, 11) is 0. The molecule has 2 heteroatoms. The van der Waals surface area contributed by atoms with Crippen LogP contribution < -0.4 is 4.90 Å². The molecule has 2 bridgehead atoms. The molecule has 0 aliphatic carbocycles. The summed E-state index contributed by atoms with van der Waals surface area (Å²) in [6.45, 7) is 8.74. The van der Waals surface area contributed by atoms with E-state index < -0.39 is 0 Å². The fraction of sp³-hybridized carbons (Fsp3) is 0.290. The second-order valence-corrected chi connectivity index (χ2v) is 9.40. The van der Waals surface area contributed by atoms with Gasteiger partial charge >= 0.3 is 0 Å². The lowest BCUT2D eigenvalue weighted by Crippen LogP contribution is -2.17. The van der Waals surface area contributed by atoms with E-state index in [-0.39, 0.29) is 0 Å². The summed E-state index contributed by atoms with van der Waals surface area (Å²) in [5, 5.41) is 0. The van der Waals surface area contributed by atoms with Crippen molar-refractivity contribution in [3.8, 4) is 11.1 Å². The highest BCUT2D eigenvalue weighted by Crippen LogP contribution is 2.51. The minimum atomic E-state index is 0.298. The van der Waals surface area contributed by atoms with Crippen LogP contribution in [-0.2, 0) is 4.74 Å². The Labute approximate surface area is 198 Å². The number of ether oxygens (including phenoxy) is 1. The lowest BCUT2D eigenvalue weighted by atomic mass is 9.89. The summed E-state index contributed by atoms with van der Waals surface area (Å²) < 4.78 is 6.11. The summed E-state index contributed by atoms with van der Waals surface area (Å²) >= 11 is 0. The van der Waals surface area contributed by atoms with Crippen LogP contribution in [0.4, 0.5) is 11.4 Å². The Morgan fingerprint density at radius 2 is 1.61 bits per heavy atom. The van der Waals surface area contributed by atoms with E-state index in [4.69, 9.17) is 4.74 Å². The first kappa shape index (κ1) is 21.7. The van der Waals surface area contributed by atoms with Crippen molar-refractivity contribution in [1.82, 2.24) is 0 Å². The molecule has 0 spiro atoms. The Bertz CT molecular complexity index is 1210. The Morgan fingerprint density at radius 1 is 0.909 bits per heavy atom. The summed E-state index contributed by atoms with van der Waals surface area (Å²) in [6, 6.07) is 24.5. The molecule has 2 unspecified atom stereocenters. The molecule has 2 aliphatic heterocycles. The van der Waals surface area contributed by atoms with Gasteiger partial charge in [0.25, 0.3) is 0 Å². The second kappa shape index (κ2) is 9.03. The minimum absolute atomic E-state index is 0.298. The molecule has 0 amide bonds. The van der Waals surface area contributed by atoms with Crippen molar-refractivity contribution in [1.29, 1.82) is 0 Å². The van der Waals surface area contributed by atoms with Gasteiger partial charge in [-0.2, -0.15) is 0 Å². The van der Waals surface area contributed by atoms with E-state index in [9.17, 15) is 0 Å². The molecule has 5 rings (SSSR count). The second-order valence-electron chi connectivity index (χ2n) is 9.40. The molecule has 1 saturated heterocycles. The number of rotatable bonds is 6. The normalized spacial score (nSPS) is 18.5. The van der Waals surface area contributed by atoms with Crippen LogP contribution in [0, 0.1) is 6.92 Å². The molecule has 3 aromatic rings. The van der Waals surface area contributed by atoms with E-state index in [0.29, 0.717) is 12.2 Å². The maximum atomic E-state index is 6.11. The van der Waals surface area contributed by atoms with E-state index in [2.05, 4.69) is 111 Å². The SMILES string of the molecule is CC/C=C\C(=C(C)C)N(c1ccc(-c2ccc3c(c2)C2CCC3O2)cc1)c1ccccc1C. The predicted octanol–water partition coefficient (Wildman–Crippen LogP) is 8.97. The lowest BCUT2D eigenvalue weighted by molar-refractivity contribution is 0.0717. The number of nitrogens with zero attached hydrogens (tertiary/aromatic N) is 1. The Morgan fingerprint density at radius 3 is 2.30 bits per heavy atom. The number of anilines is 2. The molecule has 2 nitrogen and oxygen atoms in total. The number of allylic oxidation sites excluding steroid dienone is 3. The molecule has 0 N–H and O–H groups in total. The zero-order valence-corrected chi connectivity index (χ0v) is 20.1. The summed E-state index contributed by atoms with van der Waals surface area (Å²) in [6.07, 6.45) is 8.45. The van der Waals surface area contributed by atoms with Crippen molar-refractivity contribution in [2.45, 2.75) is 59.2 Å². The average Bonchev–Trinajstić information content (AvgIpc) is 3.45. The Balaban J connectivity index is 1.53. The van der Waals surface area contributed by atoms with Gasteiger partial charge in [-0.3, -0.25) is 0 Å². The van der Waals surface area contributed by atoms with Crippen molar-refractivity contribution in [3.63, 3.8) is 0 Å². The molecular formula is C31H33NO. The van der Waals surface area contributed by atoms with Gasteiger partial charge in [0.2, 0.25) is 0 Å². The van der Waals surface area contributed by atoms with Crippen LogP contribution in [-0.4, -0.2) is 0 Å². The first-order valence-electron chi connectivity index (χ1n) is 12.2. The molecule has 0 saturated carbocycles.